The van der Waals surface area contributed by atoms with Crippen LogP contribution in [0.15, 0.2) is 47.3 Å². The molecule has 2 fully saturated rings. The standard InChI is InChI=1S/C26H30N2O6/c1-25(2)33-23(30)26(24(31)34-25,12-17-7-9-20(32-3)10-8-17)16-27-13-18-11-19(15-27)21-5-4-6-22(29)28(21)14-18/h4-10,18-19H,11-16H2,1-3H3. The van der Waals surface area contributed by atoms with Crippen molar-refractivity contribution in [1.82, 2.24) is 9.47 Å². The normalized spacial score (nSPS) is 25.1. The van der Waals surface area contributed by atoms with E-state index in [4.69, 9.17) is 14.2 Å². The van der Waals surface area contributed by atoms with E-state index in [9.17, 15) is 14.4 Å². The zero-order chi connectivity index (χ0) is 24.1. The van der Waals surface area contributed by atoms with Gasteiger partial charge in [-0.3, -0.25) is 14.4 Å². The number of hydrogen-bond acceptors (Lipinski definition) is 7. The highest BCUT2D eigenvalue weighted by Crippen LogP contribution is 2.40. The number of cyclic esters (lactones) is 2. The van der Waals surface area contributed by atoms with Crippen molar-refractivity contribution in [1.29, 1.82) is 0 Å². The molecule has 0 N–H and O–H groups in total. The number of methoxy groups -OCH3 is 1. The second-order valence-electron chi connectivity index (χ2n) is 10.2. The minimum absolute atomic E-state index is 0.0262. The smallest absolute Gasteiger partial charge is 0.328 e. The first-order valence-corrected chi connectivity index (χ1v) is 11.7. The molecule has 2 atom stereocenters. The van der Waals surface area contributed by atoms with Crippen LogP contribution in [0.5, 0.6) is 5.75 Å². The molecule has 1 aromatic carbocycles. The summed E-state index contributed by atoms with van der Waals surface area (Å²) in [7, 11) is 1.59. The monoisotopic (exact) mass is 466 g/mol. The number of fused-ring (bicyclic) bond motifs is 4. The molecule has 0 amide bonds. The number of aromatic nitrogens is 1. The molecule has 8 nitrogen and oxygen atoms in total. The van der Waals surface area contributed by atoms with E-state index in [2.05, 4.69) is 4.90 Å². The average Bonchev–Trinajstić information content (AvgIpc) is 2.78. The highest BCUT2D eigenvalue weighted by atomic mass is 16.7. The summed E-state index contributed by atoms with van der Waals surface area (Å²) in [6, 6.07) is 12.7. The highest BCUT2D eigenvalue weighted by molar-refractivity contribution is 6.02. The van der Waals surface area contributed by atoms with Crippen molar-refractivity contribution in [2.45, 2.75) is 44.9 Å². The number of benzene rings is 1. The molecule has 180 valence electrons. The average molecular weight is 467 g/mol. The van der Waals surface area contributed by atoms with Gasteiger partial charge in [-0.1, -0.05) is 18.2 Å². The Morgan fingerprint density at radius 3 is 2.35 bits per heavy atom. The zero-order valence-electron chi connectivity index (χ0n) is 19.8. The summed E-state index contributed by atoms with van der Waals surface area (Å²) in [5.74, 6) is -1.27. The van der Waals surface area contributed by atoms with E-state index in [0.717, 1.165) is 17.7 Å². The number of piperidine rings is 1. The van der Waals surface area contributed by atoms with Gasteiger partial charge < -0.3 is 23.7 Å². The Labute approximate surface area is 198 Å². The molecule has 4 heterocycles. The maximum atomic E-state index is 13.4. The molecule has 2 aromatic rings. The third kappa shape index (κ3) is 4.00. The van der Waals surface area contributed by atoms with Crippen LogP contribution in [0.2, 0.25) is 0 Å². The number of nitrogens with zero attached hydrogens (tertiary/aromatic N) is 2. The third-order valence-corrected chi connectivity index (χ3v) is 7.17. The van der Waals surface area contributed by atoms with Crippen LogP contribution in [0.4, 0.5) is 0 Å². The lowest BCUT2D eigenvalue weighted by molar-refractivity contribution is -0.252. The summed E-state index contributed by atoms with van der Waals surface area (Å²) in [5, 5.41) is 0. The van der Waals surface area contributed by atoms with Crippen LogP contribution in [-0.2, 0) is 32.0 Å². The molecular formula is C26H30N2O6. The summed E-state index contributed by atoms with van der Waals surface area (Å²) in [4.78, 5) is 41.4. The van der Waals surface area contributed by atoms with Crippen molar-refractivity contribution in [3.8, 4) is 5.75 Å². The van der Waals surface area contributed by atoms with Crippen molar-refractivity contribution < 1.29 is 23.8 Å². The van der Waals surface area contributed by atoms with Gasteiger partial charge in [0.15, 0.2) is 5.41 Å². The third-order valence-electron chi connectivity index (χ3n) is 7.17. The molecule has 2 unspecified atom stereocenters. The Balaban J connectivity index is 1.45. The van der Waals surface area contributed by atoms with Crippen LogP contribution in [0.25, 0.3) is 0 Å². The predicted molar refractivity (Wildman–Crippen MR) is 123 cm³/mol. The first-order valence-electron chi connectivity index (χ1n) is 11.7. The highest BCUT2D eigenvalue weighted by Gasteiger charge is 2.57. The molecule has 3 aliphatic heterocycles. The van der Waals surface area contributed by atoms with E-state index < -0.39 is 23.1 Å². The first kappa shape index (κ1) is 22.7. The van der Waals surface area contributed by atoms with Gasteiger partial charge in [-0.2, -0.15) is 0 Å². The molecule has 0 aliphatic carbocycles. The quantitative estimate of drug-likeness (QED) is 0.494. The lowest BCUT2D eigenvalue weighted by atomic mass is 9.77. The van der Waals surface area contributed by atoms with Gasteiger partial charge in [-0.25, -0.2) is 0 Å². The Morgan fingerprint density at radius 1 is 0.971 bits per heavy atom. The van der Waals surface area contributed by atoms with Gasteiger partial charge in [0.1, 0.15) is 5.75 Å². The Kier molecular flexibility index (Phi) is 5.51. The summed E-state index contributed by atoms with van der Waals surface area (Å²) >= 11 is 0. The molecule has 0 radical (unpaired) electrons. The van der Waals surface area contributed by atoms with E-state index in [1.165, 1.54) is 0 Å². The zero-order valence-corrected chi connectivity index (χ0v) is 19.8. The largest absolute Gasteiger partial charge is 0.497 e. The van der Waals surface area contributed by atoms with Crippen LogP contribution in [0, 0.1) is 11.3 Å². The van der Waals surface area contributed by atoms with Gasteiger partial charge in [0, 0.05) is 64.1 Å². The summed E-state index contributed by atoms with van der Waals surface area (Å²) in [6.07, 6.45) is 1.17. The van der Waals surface area contributed by atoms with Crippen molar-refractivity contribution in [3.05, 3.63) is 64.1 Å². The summed E-state index contributed by atoms with van der Waals surface area (Å²) in [5.41, 5.74) is 0.404. The Bertz CT molecular complexity index is 1150. The van der Waals surface area contributed by atoms with Gasteiger partial charge >= 0.3 is 11.9 Å². The van der Waals surface area contributed by atoms with E-state index in [1.54, 1.807) is 33.1 Å². The fourth-order valence-corrected chi connectivity index (χ4v) is 5.67. The van der Waals surface area contributed by atoms with Crippen molar-refractivity contribution >= 4 is 11.9 Å². The molecule has 34 heavy (non-hydrogen) atoms. The number of ether oxygens (including phenoxy) is 3. The molecule has 0 saturated carbocycles. The fraction of sp³-hybridized carbons (Fsp3) is 0.500. The number of likely N-dealkylation sites (tertiary alicyclic amines) is 1. The van der Waals surface area contributed by atoms with E-state index in [1.807, 2.05) is 34.9 Å². The molecule has 3 aliphatic rings. The summed E-state index contributed by atoms with van der Waals surface area (Å²) < 4.78 is 18.3. The van der Waals surface area contributed by atoms with Gasteiger partial charge in [0.25, 0.3) is 11.3 Å². The van der Waals surface area contributed by atoms with Gasteiger partial charge in [0.05, 0.1) is 7.11 Å². The summed E-state index contributed by atoms with van der Waals surface area (Å²) in [6.45, 7) is 5.35. The van der Waals surface area contributed by atoms with Crippen LogP contribution < -0.4 is 10.3 Å². The SMILES string of the molecule is COc1ccc(CC2(CN3CC4CC(C3)c3cccc(=O)n3C4)C(=O)OC(C)(C)OC2=O)cc1. The molecular weight excluding hydrogens is 436 g/mol. The number of hydrogen-bond donors (Lipinski definition) is 0. The van der Waals surface area contributed by atoms with Crippen LogP contribution in [-0.4, -0.2) is 53.9 Å². The predicted octanol–water partition coefficient (Wildman–Crippen LogP) is 2.34. The van der Waals surface area contributed by atoms with E-state index >= 15 is 0 Å². The lowest BCUT2D eigenvalue weighted by Crippen LogP contribution is -2.61. The maximum Gasteiger partial charge on any atom is 0.328 e. The number of esters is 2. The molecule has 2 bridgehead atoms. The lowest BCUT2D eigenvalue weighted by Gasteiger charge is -2.47. The first-order chi connectivity index (χ1) is 16.2. The van der Waals surface area contributed by atoms with Crippen molar-refractivity contribution in [2.75, 3.05) is 26.7 Å². The van der Waals surface area contributed by atoms with Gasteiger partial charge in [0.2, 0.25) is 0 Å². The van der Waals surface area contributed by atoms with Crippen LogP contribution in [0.3, 0.4) is 0 Å². The van der Waals surface area contributed by atoms with Crippen LogP contribution >= 0.6 is 0 Å². The van der Waals surface area contributed by atoms with Crippen molar-refractivity contribution in [2.24, 2.45) is 11.3 Å². The Morgan fingerprint density at radius 2 is 1.68 bits per heavy atom. The van der Waals surface area contributed by atoms with E-state index in [-0.39, 0.29) is 30.4 Å². The Hall–Kier alpha value is -3.13. The van der Waals surface area contributed by atoms with Gasteiger partial charge in [-0.15, -0.1) is 0 Å². The minimum atomic E-state index is -1.47. The number of rotatable bonds is 5. The second-order valence-corrected chi connectivity index (χ2v) is 10.2. The minimum Gasteiger partial charge on any atom is -0.497 e. The van der Waals surface area contributed by atoms with Crippen LogP contribution in [0.1, 0.15) is 37.4 Å². The molecule has 0 spiro atoms. The number of pyridine rings is 1. The topological polar surface area (TPSA) is 87.1 Å². The molecule has 8 heteroatoms. The maximum absolute atomic E-state index is 13.4. The fourth-order valence-electron chi connectivity index (χ4n) is 5.67. The van der Waals surface area contributed by atoms with Gasteiger partial charge in [-0.05, 0) is 36.1 Å². The molecule has 2 saturated heterocycles. The molecule has 5 rings (SSSR count). The van der Waals surface area contributed by atoms with E-state index in [0.29, 0.717) is 25.4 Å². The van der Waals surface area contributed by atoms with Crippen molar-refractivity contribution in [3.63, 3.8) is 0 Å². The number of carbonyl (C=O) groups excluding carboxylic acids is 2. The second kappa shape index (κ2) is 8.27. The molecule has 1 aromatic heterocycles. The number of carbonyl (C=O) groups is 2.